The molecule has 2 aromatic carbocycles. The highest BCUT2D eigenvalue weighted by Gasteiger charge is 2.17. The van der Waals surface area contributed by atoms with Crippen molar-refractivity contribution in [1.82, 2.24) is 15.2 Å². The number of rotatable bonds is 2. The monoisotopic (exact) mass is 307 g/mol. The minimum atomic E-state index is -0.756. The molecule has 0 unspecified atom stereocenters. The number of phenols is 1. The van der Waals surface area contributed by atoms with Gasteiger partial charge < -0.3 is 5.11 Å². The highest BCUT2D eigenvalue weighted by molar-refractivity contribution is 6.30. The summed E-state index contributed by atoms with van der Waals surface area (Å²) in [5.74, 6) is -1.58. The molecule has 106 valence electrons. The van der Waals surface area contributed by atoms with Crippen LogP contribution in [0.15, 0.2) is 36.4 Å². The zero-order valence-corrected chi connectivity index (χ0v) is 11.2. The van der Waals surface area contributed by atoms with Gasteiger partial charge in [-0.3, -0.25) is 5.10 Å². The molecule has 0 aliphatic carbocycles. The second kappa shape index (κ2) is 5.14. The Labute approximate surface area is 123 Å². The molecule has 4 nitrogen and oxygen atoms in total. The van der Waals surface area contributed by atoms with Crippen molar-refractivity contribution in [2.45, 2.75) is 0 Å². The molecule has 0 aliphatic rings. The van der Waals surface area contributed by atoms with Gasteiger partial charge in [-0.15, -0.1) is 0 Å². The van der Waals surface area contributed by atoms with Gasteiger partial charge in [0.05, 0.1) is 11.1 Å². The average molecular weight is 308 g/mol. The largest absolute Gasteiger partial charge is 0.507 e. The summed E-state index contributed by atoms with van der Waals surface area (Å²) in [7, 11) is 0. The number of nitrogens with one attached hydrogen (secondary N) is 1. The molecule has 0 amide bonds. The molecule has 1 aromatic heterocycles. The molecule has 21 heavy (non-hydrogen) atoms. The van der Waals surface area contributed by atoms with Crippen molar-refractivity contribution in [3.05, 3.63) is 53.1 Å². The highest BCUT2D eigenvalue weighted by Crippen LogP contribution is 2.31. The molecular weight excluding hydrogens is 300 g/mol. The van der Waals surface area contributed by atoms with Crippen LogP contribution in [0.4, 0.5) is 8.78 Å². The summed E-state index contributed by atoms with van der Waals surface area (Å²) in [5.41, 5.74) is -0.0421. The average Bonchev–Trinajstić information content (AvgIpc) is 2.90. The predicted molar refractivity (Wildman–Crippen MR) is 73.8 cm³/mol. The Bertz CT molecular complexity index is 799. The van der Waals surface area contributed by atoms with E-state index in [0.29, 0.717) is 5.02 Å². The molecule has 0 saturated carbocycles. The standard InChI is InChI=1S/C14H8ClF2N3O/c15-7-4-5-11(21)8(6-7)13-18-14(20-19-13)12-9(16)2-1-3-10(12)17/h1-6,21H,(H,18,19,20). The normalized spacial score (nSPS) is 10.8. The Morgan fingerprint density at radius 1 is 1.10 bits per heavy atom. The van der Waals surface area contributed by atoms with E-state index in [1.54, 1.807) is 0 Å². The van der Waals surface area contributed by atoms with Crippen LogP contribution in [-0.4, -0.2) is 20.3 Å². The lowest BCUT2D eigenvalue weighted by atomic mass is 10.1. The third-order valence-electron chi connectivity index (χ3n) is 2.88. The lowest BCUT2D eigenvalue weighted by molar-refractivity contribution is 0.477. The van der Waals surface area contributed by atoms with Crippen molar-refractivity contribution >= 4 is 11.6 Å². The minimum absolute atomic E-state index is 0.0695. The Balaban J connectivity index is 2.10. The van der Waals surface area contributed by atoms with E-state index < -0.39 is 11.6 Å². The van der Waals surface area contributed by atoms with E-state index in [0.717, 1.165) is 12.1 Å². The van der Waals surface area contributed by atoms with Crippen molar-refractivity contribution in [2.24, 2.45) is 0 Å². The van der Waals surface area contributed by atoms with Crippen LogP contribution in [0.2, 0.25) is 5.02 Å². The zero-order chi connectivity index (χ0) is 15.0. The molecule has 3 rings (SSSR count). The van der Waals surface area contributed by atoms with Gasteiger partial charge in [0.25, 0.3) is 0 Å². The Morgan fingerprint density at radius 2 is 1.81 bits per heavy atom. The summed E-state index contributed by atoms with van der Waals surface area (Å²) in [5, 5.41) is 16.5. The fraction of sp³-hybridized carbons (Fsp3) is 0. The first-order chi connectivity index (χ1) is 10.1. The number of halogens is 3. The predicted octanol–water partition coefficient (Wildman–Crippen LogP) is 3.78. The number of phenolic OH excluding ortho intramolecular Hbond substituents is 1. The Kier molecular flexibility index (Phi) is 3.31. The summed E-state index contributed by atoms with van der Waals surface area (Å²) >= 11 is 5.84. The lowest BCUT2D eigenvalue weighted by Gasteiger charge is -2.01. The molecule has 0 fully saturated rings. The van der Waals surface area contributed by atoms with E-state index in [2.05, 4.69) is 15.2 Å². The first-order valence-electron chi connectivity index (χ1n) is 5.92. The molecule has 3 aromatic rings. The topological polar surface area (TPSA) is 61.8 Å². The molecule has 0 spiro atoms. The van der Waals surface area contributed by atoms with Gasteiger partial charge in [-0.2, -0.15) is 5.10 Å². The van der Waals surface area contributed by atoms with Crippen LogP contribution in [0.3, 0.4) is 0 Å². The van der Waals surface area contributed by atoms with Crippen LogP contribution in [0.1, 0.15) is 0 Å². The van der Waals surface area contributed by atoms with E-state index in [1.807, 2.05) is 0 Å². The maximum absolute atomic E-state index is 13.7. The van der Waals surface area contributed by atoms with Gasteiger partial charge in [-0.05, 0) is 30.3 Å². The van der Waals surface area contributed by atoms with Gasteiger partial charge in [0, 0.05) is 5.02 Å². The summed E-state index contributed by atoms with van der Waals surface area (Å²) in [4.78, 5) is 4.01. The fourth-order valence-corrected chi connectivity index (χ4v) is 2.08. The minimum Gasteiger partial charge on any atom is -0.507 e. The van der Waals surface area contributed by atoms with E-state index >= 15 is 0 Å². The number of hydrogen-bond acceptors (Lipinski definition) is 3. The first-order valence-corrected chi connectivity index (χ1v) is 6.29. The number of aromatic hydroxyl groups is 1. The summed E-state index contributed by atoms with van der Waals surface area (Å²) in [6, 6.07) is 7.85. The van der Waals surface area contributed by atoms with Crippen LogP contribution in [0.25, 0.3) is 22.8 Å². The molecular formula is C14H8ClF2N3O. The second-order valence-corrected chi connectivity index (χ2v) is 4.70. The quantitative estimate of drug-likeness (QED) is 0.757. The molecule has 0 radical (unpaired) electrons. The number of H-pyrrole nitrogens is 1. The molecule has 0 atom stereocenters. The molecule has 0 bridgehead atoms. The first kappa shape index (κ1) is 13.5. The number of aromatic nitrogens is 3. The second-order valence-electron chi connectivity index (χ2n) is 4.27. The fourth-order valence-electron chi connectivity index (χ4n) is 1.91. The Morgan fingerprint density at radius 3 is 2.52 bits per heavy atom. The highest BCUT2D eigenvalue weighted by atomic mass is 35.5. The van der Waals surface area contributed by atoms with Crippen molar-refractivity contribution < 1.29 is 13.9 Å². The van der Waals surface area contributed by atoms with Gasteiger partial charge in [-0.25, -0.2) is 13.8 Å². The molecule has 2 N–H and O–H groups in total. The third kappa shape index (κ3) is 2.45. The summed E-state index contributed by atoms with van der Waals surface area (Å²) in [6.45, 7) is 0. The van der Waals surface area contributed by atoms with E-state index in [4.69, 9.17) is 11.6 Å². The van der Waals surface area contributed by atoms with Crippen molar-refractivity contribution in [1.29, 1.82) is 0 Å². The Hall–Kier alpha value is -2.47. The number of nitrogens with zero attached hydrogens (tertiary/aromatic N) is 2. The molecule has 7 heteroatoms. The van der Waals surface area contributed by atoms with Crippen LogP contribution >= 0.6 is 11.6 Å². The third-order valence-corrected chi connectivity index (χ3v) is 3.12. The van der Waals surface area contributed by atoms with E-state index in [-0.39, 0.29) is 28.5 Å². The van der Waals surface area contributed by atoms with Crippen LogP contribution in [-0.2, 0) is 0 Å². The molecule has 0 aliphatic heterocycles. The van der Waals surface area contributed by atoms with Gasteiger partial charge in [0.1, 0.15) is 17.4 Å². The van der Waals surface area contributed by atoms with Crippen LogP contribution < -0.4 is 0 Å². The zero-order valence-electron chi connectivity index (χ0n) is 10.4. The van der Waals surface area contributed by atoms with Crippen molar-refractivity contribution in [3.63, 3.8) is 0 Å². The van der Waals surface area contributed by atoms with E-state index in [1.165, 1.54) is 24.3 Å². The summed E-state index contributed by atoms with van der Waals surface area (Å²) < 4.78 is 27.4. The van der Waals surface area contributed by atoms with Crippen LogP contribution in [0, 0.1) is 11.6 Å². The van der Waals surface area contributed by atoms with Gasteiger partial charge in [0.15, 0.2) is 11.6 Å². The SMILES string of the molecule is Oc1ccc(Cl)cc1-c1n[nH]c(-c2c(F)cccc2F)n1. The number of benzene rings is 2. The van der Waals surface area contributed by atoms with Gasteiger partial charge in [-0.1, -0.05) is 17.7 Å². The van der Waals surface area contributed by atoms with Crippen LogP contribution in [0.5, 0.6) is 5.75 Å². The van der Waals surface area contributed by atoms with Gasteiger partial charge in [0.2, 0.25) is 0 Å². The van der Waals surface area contributed by atoms with Crippen molar-refractivity contribution in [2.75, 3.05) is 0 Å². The molecule has 1 heterocycles. The maximum atomic E-state index is 13.7. The van der Waals surface area contributed by atoms with E-state index in [9.17, 15) is 13.9 Å². The van der Waals surface area contributed by atoms with Gasteiger partial charge >= 0.3 is 0 Å². The lowest BCUT2D eigenvalue weighted by Crippen LogP contribution is -1.91. The number of hydrogen-bond donors (Lipinski definition) is 2. The molecule has 0 saturated heterocycles. The number of aromatic amines is 1. The smallest absolute Gasteiger partial charge is 0.185 e. The van der Waals surface area contributed by atoms with Crippen molar-refractivity contribution in [3.8, 4) is 28.5 Å². The summed E-state index contributed by atoms with van der Waals surface area (Å²) in [6.07, 6.45) is 0. The maximum Gasteiger partial charge on any atom is 0.185 e.